The van der Waals surface area contributed by atoms with Gasteiger partial charge in [0.05, 0.1) is 17.5 Å². The van der Waals surface area contributed by atoms with Crippen LogP contribution < -0.4 is 5.32 Å². The quantitative estimate of drug-likeness (QED) is 0.379. The molecule has 12 heteroatoms. The van der Waals surface area contributed by atoms with E-state index < -0.39 is 80.1 Å². The Bertz CT molecular complexity index is 1210. The Morgan fingerprint density at radius 3 is 2.13 bits per heavy atom. The lowest BCUT2D eigenvalue weighted by Gasteiger charge is -2.25. The highest BCUT2D eigenvalue weighted by Crippen LogP contribution is 2.32. The highest BCUT2D eigenvalue weighted by molar-refractivity contribution is 6.16. The number of fused-ring (bicyclic) bond motifs is 1. The molecule has 1 heterocycles. The summed E-state index contributed by atoms with van der Waals surface area (Å²) in [6.45, 7) is 0. The summed E-state index contributed by atoms with van der Waals surface area (Å²) in [7, 11) is 0. The lowest BCUT2D eigenvalue weighted by molar-refractivity contribution is -0.155. The van der Waals surface area contributed by atoms with Crippen LogP contribution in [0.15, 0.2) is 59.6 Å². The lowest BCUT2D eigenvalue weighted by Crippen LogP contribution is -2.46. The van der Waals surface area contributed by atoms with E-state index in [9.17, 15) is 45.8 Å². The van der Waals surface area contributed by atoms with Crippen LogP contribution >= 0.6 is 0 Å². The fourth-order valence-corrected chi connectivity index (χ4v) is 4.49. The second-order valence-electron chi connectivity index (χ2n) is 9.27. The van der Waals surface area contributed by atoms with Gasteiger partial charge in [0.15, 0.2) is 11.9 Å². The number of carboxylic acids is 1. The number of benzene rings is 2. The number of amides is 1. The summed E-state index contributed by atoms with van der Waals surface area (Å²) in [4.78, 5) is 42.6. The van der Waals surface area contributed by atoms with Gasteiger partial charge in [0.2, 0.25) is 5.91 Å². The number of aliphatic carboxylic acids is 1. The van der Waals surface area contributed by atoms with Crippen molar-refractivity contribution in [2.45, 2.75) is 57.0 Å². The Hall–Kier alpha value is -3.70. The molecule has 0 saturated carbocycles. The molecule has 0 radical (unpaired) electrons. The first-order valence-electron chi connectivity index (χ1n) is 12.2. The zero-order chi connectivity index (χ0) is 28.8. The van der Waals surface area contributed by atoms with E-state index in [2.05, 4.69) is 10.3 Å². The summed E-state index contributed by atoms with van der Waals surface area (Å²) in [6.07, 6.45) is -16.3. The van der Waals surface area contributed by atoms with Gasteiger partial charge in [-0.2, -0.15) is 26.3 Å². The highest BCUT2D eigenvalue weighted by Gasteiger charge is 2.40. The maximum absolute atomic E-state index is 13.2. The molecule has 0 aromatic heterocycles. The number of aliphatic imine (C=N–C) groups is 1. The van der Waals surface area contributed by atoms with E-state index in [-0.39, 0.29) is 6.42 Å². The molecule has 1 amide bonds. The number of carbonyl (C=O) groups is 3. The maximum atomic E-state index is 13.2. The van der Waals surface area contributed by atoms with Crippen molar-refractivity contribution in [1.29, 1.82) is 0 Å². The molecule has 2 aromatic carbocycles. The van der Waals surface area contributed by atoms with Crippen LogP contribution in [0.4, 0.5) is 26.3 Å². The number of carboxylic acid groups (broad SMARTS) is 1. The van der Waals surface area contributed by atoms with Crippen molar-refractivity contribution < 1.29 is 45.8 Å². The van der Waals surface area contributed by atoms with Crippen LogP contribution in [0, 0.1) is 11.8 Å². The summed E-state index contributed by atoms with van der Waals surface area (Å²) >= 11 is 0. The molecule has 0 saturated heterocycles. The largest absolute Gasteiger partial charge is 0.481 e. The van der Waals surface area contributed by atoms with Crippen molar-refractivity contribution in [2.75, 3.05) is 0 Å². The maximum Gasteiger partial charge on any atom is 0.389 e. The van der Waals surface area contributed by atoms with Crippen molar-refractivity contribution >= 4 is 23.4 Å². The molecule has 2 N–H and O–H groups in total. The topological polar surface area (TPSA) is 95.8 Å². The molecule has 1 aliphatic rings. The molecule has 210 valence electrons. The summed E-state index contributed by atoms with van der Waals surface area (Å²) in [5.74, 6) is -7.15. The number of nitrogens with zero attached hydrogens (tertiary/aromatic N) is 1. The molecule has 3 atom stereocenters. The molecule has 39 heavy (non-hydrogen) atoms. The molecule has 2 aromatic rings. The van der Waals surface area contributed by atoms with E-state index in [0.29, 0.717) is 22.4 Å². The number of hydrogen-bond acceptors (Lipinski definition) is 4. The van der Waals surface area contributed by atoms with Crippen LogP contribution in [0.2, 0.25) is 0 Å². The first-order chi connectivity index (χ1) is 18.2. The first kappa shape index (κ1) is 29.9. The lowest BCUT2D eigenvalue weighted by atomic mass is 9.83. The molecule has 0 spiro atoms. The summed E-state index contributed by atoms with van der Waals surface area (Å²) < 4.78 is 76.9. The molecule has 3 rings (SSSR count). The normalized spacial score (nSPS) is 17.4. The standard InChI is InChI=1S/C27H26F6N2O4/c28-26(29,30)13-6-11-20(25(38)39)19(12-14-27(31,32)33)24(37)35-23-21(36)15-17-9-4-5-10-18(17)22(34-23)16-7-2-1-3-8-16/h1-5,7-10,19-20,23H,6,11-15H2,(H,35,37)(H,38,39)/t19-,20+,23-/m1/s1. The molecule has 0 bridgehead atoms. The first-order valence-corrected chi connectivity index (χ1v) is 12.2. The van der Waals surface area contributed by atoms with Crippen LogP contribution in [0.3, 0.4) is 0 Å². The van der Waals surface area contributed by atoms with Crippen LogP contribution in [-0.2, 0) is 20.8 Å². The van der Waals surface area contributed by atoms with Gasteiger partial charge in [0.1, 0.15) is 0 Å². The predicted octanol–water partition coefficient (Wildman–Crippen LogP) is 5.48. The number of hydrogen-bond donors (Lipinski definition) is 2. The summed E-state index contributed by atoms with van der Waals surface area (Å²) in [6, 6.07) is 15.5. The number of nitrogens with one attached hydrogen (secondary N) is 1. The van der Waals surface area contributed by atoms with Crippen molar-refractivity contribution in [3.63, 3.8) is 0 Å². The highest BCUT2D eigenvalue weighted by atomic mass is 19.4. The van der Waals surface area contributed by atoms with E-state index >= 15 is 0 Å². The second kappa shape index (κ2) is 12.4. The SMILES string of the molecule is O=C1Cc2ccccc2C(c2ccccc2)=N[C@@H]1NC(=O)[C@H](CCC(F)(F)F)[C@H](CCCC(F)(F)F)C(=O)O. The van der Waals surface area contributed by atoms with Crippen molar-refractivity contribution in [3.8, 4) is 0 Å². The van der Waals surface area contributed by atoms with E-state index in [1.54, 1.807) is 54.6 Å². The average molecular weight is 557 g/mol. The third kappa shape index (κ3) is 8.66. The van der Waals surface area contributed by atoms with Gasteiger partial charge in [-0.1, -0.05) is 54.6 Å². The number of rotatable bonds is 10. The predicted molar refractivity (Wildman–Crippen MR) is 129 cm³/mol. The van der Waals surface area contributed by atoms with Crippen molar-refractivity contribution in [1.82, 2.24) is 5.32 Å². The van der Waals surface area contributed by atoms with Crippen molar-refractivity contribution in [3.05, 3.63) is 71.3 Å². The Kier molecular flexibility index (Phi) is 9.52. The third-order valence-corrected chi connectivity index (χ3v) is 6.38. The Morgan fingerprint density at radius 1 is 0.897 bits per heavy atom. The summed E-state index contributed by atoms with van der Waals surface area (Å²) in [5, 5.41) is 11.9. The minimum Gasteiger partial charge on any atom is -0.481 e. The van der Waals surface area contributed by atoms with E-state index in [0.717, 1.165) is 0 Å². The molecule has 1 aliphatic heterocycles. The van der Waals surface area contributed by atoms with E-state index in [1.165, 1.54) is 0 Å². The van der Waals surface area contributed by atoms with Crippen LogP contribution in [0.1, 0.15) is 48.8 Å². The molecular weight excluding hydrogens is 530 g/mol. The van der Waals surface area contributed by atoms with Crippen LogP contribution in [0.5, 0.6) is 0 Å². The van der Waals surface area contributed by atoms with Gasteiger partial charge in [0.25, 0.3) is 0 Å². The smallest absolute Gasteiger partial charge is 0.389 e. The van der Waals surface area contributed by atoms with Gasteiger partial charge in [-0.15, -0.1) is 0 Å². The number of halogens is 6. The van der Waals surface area contributed by atoms with Gasteiger partial charge < -0.3 is 10.4 Å². The number of ketones is 1. The van der Waals surface area contributed by atoms with Crippen LogP contribution in [-0.4, -0.2) is 47.0 Å². The van der Waals surface area contributed by atoms with E-state index in [4.69, 9.17) is 0 Å². The Morgan fingerprint density at radius 2 is 1.51 bits per heavy atom. The minimum atomic E-state index is -4.74. The van der Waals surface area contributed by atoms with Gasteiger partial charge in [-0.25, -0.2) is 0 Å². The van der Waals surface area contributed by atoms with Gasteiger partial charge >= 0.3 is 18.3 Å². The van der Waals surface area contributed by atoms with Crippen molar-refractivity contribution in [2.24, 2.45) is 16.8 Å². The molecule has 0 unspecified atom stereocenters. The number of carbonyl (C=O) groups excluding carboxylic acids is 2. The molecule has 0 fully saturated rings. The Balaban J connectivity index is 1.93. The zero-order valence-electron chi connectivity index (χ0n) is 20.6. The fraction of sp³-hybridized carbons (Fsp3) is 0.407. The minimum absolute atomic E-state index is 0.165. The average Bonchev–Trinajstić information content (AvgIpc) is 2.98. The Labute approximate surface area is 220 Å². The van der Waals surface area contributed by atoms with Crippen LogP contribution in [0.25, 0.3) is 0 Å². The fourth-order valence-electron chi connectivity index (χ4n) is 4.49. The molecule has 0 aliphatic carbocycles. The second-order valence-corrected chi connectivity index (χ2v) is 9.27. The number of alkyl halides is 6. The number of Topliss-reactive ketones (excluding diaryl/α,β-unsaturated/α-hetero) is 1. The molecule has 6 nitrogen and oxygen atoms in total. The summed E-state index contributed by atoms with van der Waals surface area (Å²) in [5.41, 5.74) is 2.15. The van der Waals surface area contributed by atoms with Gasteiger partial charge in [0, 0.05) is 30.4 Å². The third-order valence-electron chi connectivity index (χ3n) is 6.38. The zero-order valence-corrected chi connectivity index (χ0v) is 20.6. The van der Waals surface area contributed by atoms with E-state index in [1.807, 2.05) is 0 Å². The monoisotopic (exact) mass is 556 g/mol. The van der Waals surface area contributed by atoms with Gasteiger partial charge in [-0.3, -0.25) is 19.4 Å². The molecular formula is C27H26F6N2O4. The van der Waals surface area contributed by atoms with Gasteiger partial charge in [-0.05, 0) is 24.8 Å².